The van der Waals surface area contributed by atoms with E-state index >= 15 is 0 Å². The number of carbonyl (C=O) groups is 2. The highest BCUT2D eigenvalue weighted by Crippen LogP contribution is 2.38. The summed E-state index contributed by atoms with van der Waals surface area (Å²) in [5.41, 5.74) is 2.20. The summed E-state index contributed by atoms with van der Waals surface area (Å²) in [6.45, 7) is 0. The monoisotopic (exact) mass is 367 g/mol. The Labute approximate surface area is 157 Å². The molecule has 1 heterocycles. The molecule has 2 aromatic carbocycles. The number of carbonyl (C=O) groups excluding carboxylic acids is 2. The molecule has 4 nitrogen and oxygen atoms in total. The molecule has 2 aliphatic rings. The minimum atomic E-state index is -0.790. The van der Waals surface area contributed by atoms with Gasteiger partial charge in [0.05, 0.1) is 11.3 Å². The molecule has 5 heteroatoms. The zero-order chi connectivity index (χ0) is 17.9. The van der Waals surface area contributed by atoms with Crippen molar-refractivity contribution in [1.82, 2.24) is 0 Å². The van der Waals surface area contributed by atoms with Crippen molar-refractivity contribution in [2.45, 2.75) is 48.4 Å². The normalized spacial score (nSPS) is 19.7. The topological polar surface area (TPSA) is 55.4 Å². The molecule has 0 saturated heterocycles. The quantitative estimate of drug-likeness (QED) is 0.812. The van der Waals surface area contributed by atoms with E-state index in [4.69, 9.17) is 4.74 Å². The minimum Gasteiger partial charge on any atom is -0.448 e. The van der Waals surface area contributed by atoms with Gasteiger partial charge < -0.3 is 10.1 Å². The summed E-state index contributed by atoms with van der Waals surface area (Å²) < 4.78 is 5.36. The maximum atomic E-state index is 12.7. The third-order valence-corrected chi connectivity index (χ3v) is 6.34. The minimum absolute atomic E-state index is 0.271. The van der Waals surface area contributed by atoms with Crippen molar-refractivity contribution in [2.24, 2.45) is 0 Å². The van der Waals surface area contributed by atoms with E-state index in [9.17, 15) is 9.59 Å². The molecule has 1 amide bonds. The molecule has 2 aromatic rings. The molecule has 26 heavy (non-hydrogen) atoms. The van der Waals surface area contributed by atoms with Gasteiger partial charge >= 0.3 is 5.97 Å². The highest BCUT2D eigenvalue weighted by atomic mass is 32.2. The number of hydrogen-bond donors (Lipinski definition) is 1. The van der Waals surface area contributed by atoms with Crippen LogP contribution >= 0.6 is 11.8 Å². The summed E-state index contributed by atoms with van der Waals surface area (Å²) in [5.74, 6) is -0.701. The SMILES string of the molecule is O=C1OC(C(=O)Nc2ccccc2SC2CCCC2)Cc2ccccc21. The first-order valence-electron chi connectivity index (χ1n) is 9.06. The van der Waals surface area contributed by atoms with E-state index in [1.54, 1.807) is 12.1 Å². The van der Waals surface area contributed by atoms with Crippen molar-refractivity contribution in [3.8, 4) is 0 Å². The van der Waals surface area contributed by atoms with Crippen LogP contribution in [0.1, 0.15) is 41.6 Å². The summed E-state index contributed by atoms with van der Waals surface area (Å²) in [4.78, 5) is 25.9. The number of anilines is 1. The van der Waals surface area contributed by atoms with Crippen molar-refractivity contribution in [3.63, 3.8) is 0 Å². The number of para-hydroxylation sites is 1. The Morgan fingerprint density at radius 1 is 1.04 bits per heavy atom. The lowest BCUT2D eigenvalue weighted by Gasteiger charge is -2.24. The van der Waals surface area contributed by atoms with Gasteiger partial charge in [-0.1, -0.05) is 43.2 Å². The van der Waals surface area contributed by atoms with E-state index in [1.165, 1.54) is 25.7 Å². The van der Waals surface area contributed by atoms with Crippen molar-refractivity contribution < 1.29 is 14.3 Å². The molecule has 0 bridgehead atoms. The lowest BCUT2D eigenvalue weighted by molar-refractivity contribution is -0.125. The van der Waals surface area contributed by atoms with Crippen LogP contribution < -0.4 is 5.32 Å². The lowest BCUT2D eigenvalue weighted by Crippen LogP contribution is -2.38. The highest BCUT2D eigenvalue weighted by molar-refractivity contribution is 8.00. The zero-order valence-corrected chi connectivity index (χ0v) is 15.3. The number of ether oxygens (including phenoxy) is 1. The van der Waals surface area contributed by atoms with Gasteiger partial charge in [0.1, 0.15) is 0 Å². The second-order valence-electron chi connectivity index (χ2n) is 6.76. The summed E-state index contributed by atoms with van der Waals surface area (Å²) >= 11 is 1.83. The summed E-state index contributed by atoms with van der Waals surface area (Å²) in [6.07, 6.45) is 4.63. The third kappa shape index (κ3) is 3.63. The van der Waals surface area contributed by atoms with Crippen LogP contribution in [0.2, 0.25) is 0 Å². The van der Waals surface area contributed by atoms with Gasteiger partial charge in [0.15, 0.2) is 6.10 Å². The molecule has 4 rings (SSSR count). The molecule has 1 atom stereocenters. The van der Waals surface area contributed by atoms with Gasteiger partial charge in [-0.3, -0.25) is 4.79 Å². The van der Waals surface area contributed by atoms with E-state index in [-0.39, 0.29) is 5.91 Å². The molecule has 0 radical (unpaired) electrons. The van der Waals surface area contributed by atoms with Crippen molar-refractivity contribution in [2.75, 3.05) is 5.32 Å². The Morgan fingerprint density at radius 2 is 1.77 bits per heavy atom. The Kier molecular flexibility index (Phi) is 4.98. The summed E-state index contributed by atoms with van der Waals surface area (Å²) in [6, 6.07) is 15.1. The van der Waals surface area contributed by atoms with E-state index in [0.717, 1.165) is 16.1 Å². The number of nitrogens with one attached hydrogen (secondary N) is 1. The van der Waals surface area contributed by atoms with Gasteiger partial charge in [0.2, 0.25) is 0 Å². The second-order valence-corrected chi connectivity index (χ2v) is 8.11. The Hall–Kier alpha value is -2.27. The highest BCUT2D eigenvalue weighted by Gasteiger charge is 2.31. The number of fused-ring (bicyclic) bond motifs is 1. The van der Waals surface area contributed by atoms with Crippen LogP contribution in [0.25, 0.3) is 0 Å². The molecule has 134 valence electrons. The van der Waals surface area contributed by atoms with Gasteiger partial charge in [-0.2, -0.15) is 0 Å². The van der Waals surface area contributed by atoms with Gasteiger partial charge in [-0.05, 0) is 36.6 Å². The summed E-state index contributed by atoms with van der Waals surface area (Å²) in [7, 11) is 0. The lowest BCUT2D eigenvalue weighted by atomic mass is 9.98. The van der Waals surface area contributed by atoms with Crippen molar-refractivity contribution >= 4 is 29.3 Å². The average molecular weight is 367 g/mol. The molecule has 1 aliphatic carbocycles. The maximum absolute atomic E-state index is 12.7. The standard InChI is InChI=1S/C21H21NO3S/c23-20(18-13-14-7-1-4-10-16(14)21(24)25-18)22-17-11-5-6-12-19(17)26-15-8-2-3-9-15/h1,4-7,10-12,15,18H,2-3,8-9,13H2,(H,22,23). The number of cyclic esters (lactones) is 1. The third-order valence-electron chi connectivity index (χ3n) is 4.93. The van der Waals surface area contributed by atoms with E-state index in [2.05, 4.69) is 5.32 Å². The van der Waals surface area contributed by atoms with Crippen LogP contribution in [-0.4, -0.2) is 23.2 Å². The summed E-state index contributed by atoms with van der Waals surface area (Å²) in [5, 5.41) is 3.59. The second kappa shape index (κ2) is 7.54. The first-order chi connectivity index (χ1) is 12.7. The Bertz CT molecular complexity index is 830. The predicted octanol–water partition coefficient (Wildman–Crippen LogP) is 4.44. The number of amides is 1. The van der Waals surface area contributed by atoms with E-state index in [0.29, 0.717) is 17.2 Å². The molecule has 1 unspecified atom stereocenters. The zero-order valence-electron chi connectivity index (χ0n) is 14.4. The van der Waals surface area contributed by atoms with Gasteiger partial charge in [0.25, 0.3) is 5.91 Å². The van der Waals surface area contributed by atoms with Crippen LogP contribution in [0.5, 0.6) is 0 Å². The number of hydrogen-bond acceptors (Lipinski definition) is 4. The van der Waals surface area contributed by atoms with Crippen LogP contribution in [-0.2, 0) is 16.0 Å². The fraction of sp³-hybridized carbons (Fsp3) is 0.333. The van der Waals surface area contributed by atoms with E-state index < -0.39 is 12.1 Å². The fourth-order valence-electron chi connectivity index (χ4n) is 3.55. The first kappa shape index (κ1) is 17.2. The number of thioether (sulfide) groups is 1. The molecular formula is C21H21NO3S. The van der Waals surface area contributed by atoms with Crippen LogP contribution in [0.3, 0.4) is 0 Å². The number of rotatable bonds is 4. The smallest absolute Gasteiger partial charge is 0.339 e. The van der Waals surface area contributed by atoms with E-state index in [1.807, 2.05) is 48.2 Å². The van der Waals surface area contributed by atoms with Crippen molar-refractivity contribution in [1.29, 1.82) is 0 Å². The fourth-order valence-corrected chi connectivity index (χ4v) is 4.88. The van der Waals surface area contributed by atoms with Crippen LogP contribution in [0.4, 0.5) is 5.69 Å². The molecule has 1 aliphatic heterocycles. The number of esters is 1. The largest absolute Gasteiger partial charge is 0.448 e. The molecule has 0 aromatic heterocycles. The van der Waals surface area contributed by atoms with Gasteiger partial charge in [-0.15, -0.1) is 11.8 Å². The van der Waals surface area contributed by atoms with Crippen LogP contribution in [0, 0.1) is 0 Å². The van der Waals surface area contributed by atoms with Gasteiger partial charge in [0, 0.05) is 16.6 Å². The average Bonchev–Trinajstić information content (AvgIpc) is 3.16. The van der Waals surface area contributed by atoms with Gasteiger partial charge in [-0.25, -0.2) is 4.79 Å². The molecular weight excluding hydrogens is 346 g/mol. The van der Waals surface area contributed by atoms with Crippen LogP contribution in [0.15, 0.2) is 53.4 Å². The predicted molar refractivity (Wildman–Crippen MR) is 103 cm³/mol. The Morgan fingerprint density at radius 3 is 2.62 bits per heavy atom. The first-order valence-corrected chi connectivity index (χ1v) is 9.94. The molecule has 1 fully saturated rings. The molecule has 0 spiro atoms. The molecule has 1 saturated carbocycles. The molecule has 1 N–H and O–H groups in total. The Balaban J connectivity index is 1.48. The number of benzene rings is 2. The maximum Gasteiger partial charge on any atom is 0.339 e. The van der Waals surface area contributed by atoms with Crippen molar-refractivity contribution in [3.05, 3.63) is 59.7 Å².